The van der Waals surface area contributed by atoms with Crippen molar-refractivity contribution in [2.75, 3.05) is 6.54 Å². The molecule has 5 heteroatoms. The van der Waals surface area contributed by atoms with Gasteiger partial charge in [0.15, 0.2) is 0 Å². The van der Waals surface area contributed by atoms with Gasteiger partial charge in [0, 0.05) is 25.7 Å². The standard InChI is InChI=1S/C18H25N3O2/c1-13-7-5-6-10-21(13)17(22)14(2)19-18(23)20-11-15-8-3-4-9-16(15)12-20/h3-4,8-9,13-14H,5-7,10-12H2,1-2H3,(H,19,23). The zero-order valence-electron chi connectivity index (χ0n) is 13.9. The first-order chi connectivity index (χ1) is 11.1. The van der Waals surface area contributed by atoms with E-state index in [1.165, 1.54) is 17.5 Å². The maximum Gasteiger partial charge on any atom is 0.318 e. The van der Waals surface area contributed by atoms with Crippen molar-refractivity contribution in [3.8, 4) is 0 Å². The predicted octanol–water partition coefficient (Wildman–Crippen LogP) is 2.50. The summed E-state index contributed by atoms with van der Waals surface area (Å²) in [6.45, 7) is 5.90. The van der Waals surface area contributed by atoms with Gasteiger partial charge < -0.3 is 15.1 Å². The Hall–Kier alpha value is -2.04. The molecule has 3 amide bonds. The zero-order valence-corrected chi connectivity index (χ0v) is 13.9. The molecule has 0 aromatic heterocycles. The van der Waals surface area contributed by atoms with Crippen molar-refractivity contribution < 1.29 is 9.59 Å². The summed E-state index contributed by atoms with van der Waals surface area (Å²) in [7, 11) is 0. The van der Waals surface area contributed by atoms with Crippen LogP contribution in [0.4, 0.5) is 4.79 Å². The van der Waals surface area contributed by atoms with Gasteiger partial charge in [-0.2, -0.15) is 0 Å². The van der Waals surface area contributed by atoms with Crippen LogP contribution in [0.15, 0.2) is 24.3 Å². The van der Waals surface area contributed by atoms with Crippen molar-refractivity contribution in [2.45, 2.75) is 58.3 Å². The molecule has 124 valence electrons. The molecule has 0 bridgehead atoms. The van der Waals surface area contributed by atoms with E-state index in [0.29, 0.717) is 13.1 Å². The van der Waals surface area contributed by atoms with Crippen molar-refractivity contribution >= 4 is 11.9 Å². The Morgan fingerprint density at radius 1 is 1.17 bits per heavy atom. The average Bonchev–Trinajstić information content (AvgIpc) is 2.99. The fourth-order valence-corrected chi connectivity index (χ4v) is 3.49. The number of hydrogen-bond acceptors (Lipinski definition) is 2. The number of nitrogens with one attached hydrogen (secondary N) is 1. The van der Waals surface area contributed by atoms with Crippen LogP contribution in [0.2, 0.25) is 0 Å². The van der Waals surface area contributed by atoms with E-state index >= 15 is 0 Å². The number of urea groups is 1. The van der Waals surface area contributed by atoms with Crippen LogP contribution < -0.4 is 5.32 Å². The van der Waals surface area contributed by atoms with Crippen LogP contribution in [0.1, 0.15) is 44.2 Å². The molecular weight excluding hydrogens is 290 g/mol. The van der Waals surface area contributed by atoms with Crippen molar-refractivity contribution in [1.82, 2.24) is 15.1 Å². The predicted molar refractivity (Wildman–Crippen MR) is 88.7 cm³/mol. The summed E-state index contributed by atoms with van der Waals surface area (Å²) < 4.78 is 0. The highest BCUT2D eigenvalue weighted by molar-refractivity contribution is 5.87. The summed E-state index contributed by atoms with van der Waals surface area (Å²) in [6.07, 6.45) is 3.28. The highest BCUT2D eigenvalue weighted by atomic mass is 16.2. The second-order valence-electron chi connectivity index (χ2n) is 6.67. The third kappa shape index (κ3) is 3.33. The number of piperidine rings is 1. The Bertz CT molecular complexity index is 577. The first kappa shape index (κ1) is 15.8. The van der Waals surface area contributed by atoms with Gasteiger partial charge in [-0.25, -0.2) is 4.79 Å². The number of hydrogen-bond donors (Lipinski definition) is 1. The minimum atomic E-state index is -0.480. The minimum Gasteiger partial charge on any atom is -0.338 e. The van der Waals surface area contributed by atoms with Crippen LogP contribution in [-0.2, 0) is 17.9 Å². The molecule has 0 aliphatic carbocycles. The third-order valence-electron chi connectivity index (χ3n) is 4.92. The largest absolute Gasteiger partial charge is 0.338 e. The van der Waals surface area contributed by atoms with E-state index < -0.39 is 6.04 Å². The first-order valence-electron chi connectivity index (χ1n) is 8.49. The molecule has 23 heavy (non-hydrogen) atoms. The summed E-state index contributed by atoms with van der Waals surface area (Å²) in [6, 6.07) is 7.71. The van der Waals surface area contributed by atoms with Crippen LogP contribution in [-0.4, -0.2) is 40.4 Å². The number of fused-ring (bicyclic) bond motifs is 1. The maximum atomic E-state index is 12.6. The number of rotatable bonds is 2. The SMILES string of the molecule is CC(NC(=O)N1Cc2ccccc2C1)C(=O)N1CCCCC1C. The molecule has 2 unspecified atom stereocenters. The lowest BCUT2D eigenvalue weighted by Gasteiger charge is -2.35. The van der Waals surface area contributed by atoms with Crippen molar-refractivity contribution in [1.29, 1.82) is 0 Å². The number of amides is 3. The molecule has 3 rings (SSSR count). The summed E-state index contributed by atoms with van der Waals surface area (Å²) in [5.74, 6) is 0.0299. The molecule has 2 heterocycles. The van der Waals surface area contributed by atoms with Crippen LogP contribution in [0.5, 0.6) is 0 Å². The molecule has 5 nitrogen and oxygen atoms in total. The van der Waals surface area contributed by atoms with Crippen LogP contribution in [0, 0.1) is 0 Å². The molecule has 2 aliphatic heterocycles. The maximum absolute atomic E-state index is 12.6. The number of nitrogens with zero attached hydrogens (tertiary/aromatic N) is 2. The molecule has 0 spiro atoms. The fraction of sp³-hybridized carbons (Fsp3) is 0.556. The smallest absolute Gasteiger partial charge is 0.318 e. The summed E-state index contributed by atoms with van der Waals surface area (Å²) >= 11 is 0. The zero-order chi connectivity index (χ0) is 16.4. The highest BCUT2D eigenvalue weighted by Crippen LogP contribution is 2.22. The second-order valence-corrected chi connectivity index (χ2v) is 6.67. The van der Waals surface area contributed by atoms with E-state index in [1.54, 1.807) is 11.8 Å². The normalized spacial score (nSPS) is 21.7. The lowest BCUT2D eigenvalue weighted by molar-refractivity contribution is -0.136. The Morgan fingerprint density at radius 2 is 1.83 bits per heavy atom. The molecule has 1 N–H and O–H groups in total. The summed E-state index contributed by atoms with van der Waals surface area (Å²) in [4.78, 5) is 28.7. The quantitative estimate of drug-likeness (QED) is 0.911. The van der Waals surface area contributed by atoms with Gasteiger partial charge in [-0.05, 0) is 44.2 Å². The second kappa shape index (κ2) is 6.60. The molecule has 1 aromatic carbocycles. The molecule has 1 aromatic rings. The van der Waals surface area contributed by atoms with E-state index in [1.807, 2.05) is 29.2 Å². The van der Waals surface area contributed by atoms with E-state index in [9.17, 15) is 9.59 Å². The Kier molecular flexibility index (Phi) is 4.55. The lowest BCUT2D eigenvalue weighted by Crippen LogP contribution is -2.53. The van der Waals surface area contributed by atoms with Gasteiger partial charge in [0.1, 0.15) is 6.04 Å². The first-order valence-corrected chi connectivity index (χ1v) is 8.49. The van der Waals surface area contributed by atoms with Gasteiger partial charge in [-0.3, -0.25) is 4.79 Å². The van der Waals surface area contributed by atoms with E-state index in [0.717, 1.165) is 19.4 Å². The average molecular weight is 315 g/mol. The van der Waals surface area contributed by atoms with Gasteiger partial charge in [0.25, 0.3) is 0 Å². The number of benzene rings is 1. The molecule has 0 saturated carbocycles. The van der Waals surface area contributed by atoms with E-state index in [4.69, 9.17) is 0 Å². The number of carbonyl (C=O) groups is 2. The molecule has 2 atom stereocenters. The van der Waals surface area contributed by atoms with Gasteiger partial charge >= 0.3 is 6.03 Å². The van der Waals surface area contributed by atoms with Crippen LogP contribution >= 0.6 is 0 Å². The number of carbonyl (C=O) groups excluding carboxylic acids is 2. The molecule has 1 saturated heterocycles. The number of likely N-dealkylation sites (tertiary alicyclic amines) is 1. The van der Waals surface area contributed by atoms with Crippen molar-refractivity contribution in [2.24, 2.45) is 0 Å². The van der Waals surface area contributed by atoms with Crippen LogP contribution in [0.3, 0.4) is 0 Å². The van der Waals surface area contributed by atoms with Gasteiger partial charge in [-0.15, -0.1) is 0 Å². The fourth-order valence-electron chi connectivity index (χ4n) is 3.49. The lowest BCUT2D eigenvalue weighted by atomic mass is 10.0. The minimum absolute atomic E-state index is 0.0299. The van der Waals surface area contributed by atoms with Crippen molar-refractivity contribution in [3.63, 3.8) is 0 Å². The summed E-state index contributed by atoms with van der Waals surface area (Å²) in [5, 5.41) is 2.87. The Labute approximate surface area is 137 Å². The van der Waals surface area contributed by atoms with E-state index in [-0.39, 0.29) is 18.0 Å². The molecular formula is C18H25N3O2. The molecule has 1 fully saturated rings. The van der Waals surface area contributed by atoms with Crippen LogP contribution in [0.25, 0.3) is 0 Å². The Balaban J connectivity index is 1.57. The monoisotopic (exact) mass is 315 g/mol. The van der Waals surface area contributed by atoms with Gasteiger partial charge in [0.2, 0.25) is 5.91 Å². The topological polar surface area (TPSA) is 52.7 Å². The van der Waals surface area contributed by atoms with Crippen molar-refractivity contribution in [3.05, 3.63) is 35.4 Å². The summed E-state index contributed by atoms with van der Waals surface area (Å²) in [5.41, 5.74) is 2.37. The Morgan fingerprint density at radius 3 is 2.43 bits per heavy atom. The third-order valence-corrected chi connectivity index (χ3v) is 4.92. The molecule has 0 radical (unpaired) electrons. The highest BCUT2D eigenvalue weighted by Gasteiger charge is 2.30. The van der Waals surface area contributed by atoms with E-state index in [2.05, 4.69) is 12.2 Å². The van der Waals surface area contributed by atoms with Gasteiger partial charge in [-0.1, -0.05) is 24.3 Å². The molecule has 2 aliphatic rings. The van der Waals surface area contributed by atoms with Gasteiger partial charge in [0.05, 0.1) is 0 Å².